The molecule has 1 aliphatic rings. The van der Waals surface area contributed by atoms with Crippen molar-refractivity contribution in [2.75, 3.05) is 26.2 Å². The summed E-state index contributed by atoms with van der Waals surface area (Å²) in [5.41, 5.74) is 2.91. The summed E-state index contributed by atoms with van der Waals surface area (Å²) in [6.45, 7) is 14.7. The van der Waals surface area contributed by atoms with Crippen molar-refractivity contribution in [3.63, 3.8) is 0 Å². The maximum Gasteiger partial charge on any atom is 0.0169 e. The third kappa shape index (κ3) is 9.22. The highest BCUT2D eigenvalue weighted by molar-refractivity contribution is 5.03. The summed E-state index contributed by atoms with van der Waals surface area (Å²) in [5.74, 6) is 0. The van der Waals surface area contributed by atoms with Crippen molar-refractivity contribution in [3.8, 4) is 0 Å². The van der Waals surface area contributed by atoms with E-state index in [0.717, 1.165) is 38.6 Å². The Kier molecular flexibility index (Phi) is 10.2. The van der Waals surface area contributed by atoms with E-state index >= 15 is 0 Å². The van der Waals surface area contributed by atoms with Gasteiger partial charge < -0.3 is 5.32 Å². The number of nitrogens with zero attached hydrogens (tertiary/aromatic N) is 1. The first kappa shape index (κ1) is 19.2. The number of hydrogen-bond acceptors (Lipinski definition) is 2. The van der Waals surface area contributed by atoms with Crippen LogP contribution in [0.5, 0.6) is 0 Å². The molecule has 2 heteroatoms. The van der Waals surface area contributed by atoms with E-state index < -0.39 is 0 Å². The first-order valence-electron chi connectivity index (χ1n) is 8.97. The van der Waals surface area contributed by atoms with Crippen molar-refractivity contribution in [3.05, 3.63) is 36.0 Å². The first-order valence-corrected chi connectivity index (χ1v) is 8.97. The minimum Gasteiger partial charge on any atom is -0.313 e. The zero-order chi connectivity index (χ0) is 16.2. The van der Waals surface area contributed by atoms with Gasteiger partial charge in [-0.2, -0.15) is 0 Å². The van der Waals surface area contributed by atoms with Crippen molar-refractivity contribution >= 4 is 0 Å². The number of rotatable bonds is 11. The molecule has 1 rings (SSSR count). The molecule has 0 heterocycles. The van der Waals surface area contributed by atoms with Gasteiger partial charge in [-0.15, -0.1) is 6.58 Å². The second kappa shape index (κ2) is 11.7. The van der Waals surface area contributed by atoms with Gasteiger partial charge in [0.15, 0.2) is 0 Å². The minimum atomic E-state index is 0.770. The van der Waals surface area contributed by atoms with Gasteiger partial charge in [0.1, 0.15) is 0 Å². The highest BCUT2D eigenvalue weighted by atomic mass is 15.1. The SMILES string of the molecule is C=CCN(CC=C(C)CCC=C(C)C)CCNC1CCCC1. The third-order valence-corrected chi connectivity index (χ3v) is 4.39. The Morgan fingerprint density at radius 1 is 1.14 bits per heavy atom. The zero-order valence-electron chi connectivity index (χ0n) is 15.0. The average Bonchev–Trinajstić information content (AvgIpc) is 2.97. The predicted molar refractivity (Wildman–Crippen MR) is 99.3 cm³/mol. The van der Waals surface area contributed by atoms with Crippen LogP contribution in [0.3, 0.4) is 0 Å². The van der Waals surface area contributed by atoms with Crippen LogP contribution in [0.15, 0.2) is 36.0 Å². The Bertz CT molecular complexity index is 358. The van der Waals surface area contributed by atoms with E-state index in [4.69, 9.17) is 0 Å². The van der Waals surface area contributed by atoms with E-state index in [1.54, 1.807) is 0 Å². The molecule has 0 aromatic rings. The summed E-state index contributed by atoms with van der Waals surface area (Å²) in [5, 5.41) is 3.70. The summed E-state index contributed by atoms with van der Waals surface area (Å²) in [6, 6.07) is 0.770. The van der Waals surface area contributed by atoms with Crippen molar-refractivity contribution in [2.24, 2.45) is 0 Å². The molecule has 0 aromatic heterocycles. The second-order valence-electron chi connectivity index (χ2n) is 6.85. The highest BCUT2D eigenvalue weighted by Crippen LogP contribution is 2.17. The fourth-order valence-corrected chi connectivity index (χ4v) is 2.97. The maximum atomic E-state index is 3.89. The molecule has 0 saturated heterocycles. The number of allylic oxidation sites excluding steroid dienone is 3. The van der Waals surface area contributed by atoms with Gasteiger partial charge in [0, 0.05) is 32.2 Å². The van der Waals surface area contributed by atoms with Crippen LogP contribution in [-0.4, -0.2) is 37.1 Å². The van der Waals surface area contributed by atoms with Gasteiger partial charge in [-0.25, -0.2) is 0 Å². The highest BCUT2D eigenvalue weighted by Gasteiger charge is 2.13. The summed E-state index contributed by atoms with van der Waals surface area (Å²) >= 11 is 0. The summed E-state index contributed by atoms with van der Waals surface area (Å²) in [4.78, 5) is 2.47. The third-order valence-electron chi connectivity index (χ3n) is 4.39. The lowest BCUT2D eigenvalue weighted by atomic mass is 10.1. The standard InChI is InChI=1S/C20H36N2/c1-5-15-22(17-14-21-20-11-6-7-12-20)16-13-19(4)10-8-9-18(2)3/h5,9,13,20-21H,1,6-8,10-12,14-17H2,2-4H3. The van der Waals surface area contributed by atoms with E-state index in [0.29, 0.717) is 0 Å². The Balaban J connectivity index is 2.26. The Labute approximate surface area is 138 Å². The zero-order valence-corrected chi connectivity index (χ0v) is 15.0. The van der Waals surface area contributed by atoms with Crippen LogP contribution in [0, 0.1) is 0 Å². The molecule has 1 fully saturated rings. The topological polar surface area (TPSA) is 15.3 Å². The van der Waals surface area contributed by atoms with Gasteiger partial charge in [0.05, 0.1) is 0 Å². The molecule has 0 atom stereocenters. The molecule has 1 saturated carbocycles. The molecule has 0 aromatic carbocycles. The molecule has 0 radical (unpaired) electrons. The fourth-order valence-electron chi connectivity index (χ4n) is 2.97. The molecule has 22 heavy (non-hydrogen) atoms. The van der Waals surface area contributed by atoms with Crippen LogP contribution in [0.25, 0.3) is 0 Å². The second-order valence-corrected chi connectivity index (χ2v) is 6.85. The van der Waals surface area contributed by atoms with E-state index in [2.05, 4.69) is 49.7 Å². The smallest absolute Gasteiger partial charge is 0.0169 e. The van der Waals surface area contributed by atoms with Gasteiger partial charge in [-0.3, -0.25) is 4.90 Å². The largest absolute Gasteiger partial charge is 0.313 e. The first-order chi connectivity index (χ1) is 10.6. The van der Waals surface area contributed by atoms with Crippen LogP contribution >= 0.6 is 0 Å². The molecule has 0 aliphatic heterocycles. The Morgan fingerprint density at radius 2 is 1.86 bits per heavy atom. The lowest BCUT2D eigenvalue weighted by Gasteiger charge is -2.21. The predicted octanol–water partition coefficient (Wildman–Crippen LogP) is 4.70. The minimum absolute atomic E-state index is 0.770. The molecule has 1 aliphatic carbocycles. The molecule has 0 amide bonds. The summed E-state index contributed by atoms with van der Waals surface area (Å²) in [7, 11) is 0. The molecular formula is C20H36N2. The van der Waals surface area contributed by atoms with Gasteiger partial charge in [-0.1, -0.05) is 42.2 Å². The molecule has 0 spiro atoms. The summed E-state index contributed by atoms with van der Waals surface area (Å²) < 4.78 is 0. The Morgan fingerprint density at radius 3 is 2.50 bits per heavy atom. The molecule has 126 valence electrons. The molecule has 0 unspecified atom stereocenters. The lowest BCUT2D eigenvalue weighted by molar-refractivity contribution is 0.323. The van der Waals surface area contributed by atoms with E-state index in [1.165, 1.54) is 43.3 Å². The average molecular weight is 305 g/mol. The van der Waals surface area contributed by atoms with E-state index in [9.17, 15) is 0 Å². The van der Waals surface area contributed by atoms with Crippen LogP contribution in [-0.2, 0) is 0 Å². The molecule has 0 bridgehead atoms. The van der Waals surface area contributed by atoms with E-state index in [1.807, 2.05) is 6.08 Å². The van der Waals surface area contributed by atoms with Gasteiger partial charge >= 0.3 is 0 Å². The molecular weight excluding hydrogens is 268 g/mol. The quantitative estimate of drug-likeness (QED) is 0.557. The van der Waals surface area contributed by atoms with Crippen molar-refractivity contribution in [1.29, 1.82) is 0 Å². The monoisotopic (exact) mass is 304 g/mol. The van der Waals surface area contributed by atoms with E-state index in [-0.39, 0.29) is 0 Å². The fraction of sp³-hybridized carbons (Fsp3) is 0.700. The van der Waals surface area contributed by atoms with Gasteiger partial charge in [-0.05, 0) is 46.5 Å². The van der Waals surface area contributed by atoms with Crippen molar-refractivity contribution in [2.45, 2.75) is 65.3 Å². The summed E-state index contributed by atoms with van der Waals surface area (Å²) in [6.07, 6.45) is 14.6. The lowest BCUT2D eigenvalue weighted by Crippen LogP contribution is -2.36. The Hall–Kier alpha value is -0.860. The number of hydrogen-bond donors (Lipinski definition) is 1. The number of nitrogens with one attached hydrogen (secondary N) is 1. The van der Waals surface area contributed by atoms with Crippen molar-refractivity contribution in [1.82, 2.24) is 10.2 Å². The van der Waals surface area contributed by atoms with Gasteiger partial charge in [0.25, 0.3) is 0 Å². The van der Waals surface area contributed by atoms with Gasteiger partial charge in [0.2, 0.25) is 0 Å². The van der Waals surface area contributed by atoms with Crippen molar-refractivity contribution < 1.29 is 0 Å². The van der Waals surface area contributed by atoms with Crippen LogP contribution < -0.4 is 5.32 Å². The van der Waals surface area contributed by atoms with Crippen LogP contribution in [0.1, 0.15) is 59.3 Å². The van der Waals surface area contributed by atoms with Crippen LogP contribution in [0.2, 0.25) is 0 Å². The molecule has 1 N–H and O–H groups in total. The normalized spacial score (nSPS) is 16.3. The molecule has 2 nitrogen and oxygen atoms in total. The maximum absolute atomic E-state index is 3.89. The van der Waals surface area contributed by atoms with Crippen LogP contribution in [0.4, 0.5) is 0 Å².